The SMILES string of the molecule is c1cc(CNCC2CCNCC2)on1. The first-order valence-corrected chi connectivity index (χ1v) is 5.26. The lowest BCUT2D eigenvalue weighted by Crippen LogP contribution is -2.33. The van der Waals surface area contributed by atoms with E-state index in [4.69, 9.17) is 4.52 Å². The Labute approximate surface area is 84.0 Å². The summed E-state index contributed by atoms with van der Waals surface area (Å²) in [7, 11) is 0. The van der Waals surface area contributed by atoms with Crippen LogP contribution in [0.15, 0.2) is 16.8 Å². The quantitative estimate of drug-likeness (QED) is 0.745. The maximum Gasteiger partial charge on any atom is 0.150 e. The summed E-state index contributed by atoms with van der Waals surface area (Å²) in [4.78, 5) is 0. The predicted molar refractivity (Wildman–Crippen MR) is 53.8 cm³/mol. The number of aromatic nitrogens is 1. The Balaban J connectivity index is 1.62. The normalized spacial score (nSPS) is 18.6. The summed E-state index contributed by atoms with van der Waals surface area (Å²) in [5, 5.41) is 10.4. The minimum absolute atomic E-state index is 0.796. The van der Waals surface area contributed by atoms with Crippen LogP contribution in [0.2, 0.25) is 0 Å². The Hall–Kier alpha value is -0.870. The molecule has 0 atom stereocenters. The van der Waals surface area contributed by atoms with E-state index in [-0.39, 0.29) is 0 Å². The molecule has 0 saturated carbocycles. The smallest absolute Gasteiger partial charge is 0.150 e. The molecule has 2 rings (SSSR count). The molecule has 78 valence electrons. The summed E-state index contributed by atoms with van der Waals surface area (Å²) in [5.74, 6) is 1.73. The van der Waals surface area contributed by atoms with Crippen LogP contribution in [-0.4, -0.2) is 24.8 Å². The van der Waals surface area contributed by atoms with E-state index in [0.29, 0.717) is 0 Å². The van der Waals surface area contributed by atoms with Gasteiger partial charge in [0.1, 0.15) is 5.76 Å². The number of piperidine rings is 1. The van der Waals surface area contributed by atoms with Gasteiger partial charge in [0, 0.05) is 6.07 Å². The van der Waals surface area contributed by atoms with E-state index in [9.17, 15) is 0 Å². The lowest BCUT2D eigenvalue weighted by molar-refractivity contribution is 0.335. The molecule has 1 aliphatic rings. The summed E-state index contributed by atoms with van der Waals surface area (Å²) in [6, 6.07) is 1.90. The van der Waals surface area contributed by atoms with Gasteiger partial charge in [-0.15, -0.1) is 0 Å². The molecule has 0 amide bonds. The van der Waals surface area contributed by atoms with Crippen LogP contribution >= 0.6 is 0 Å². The largest absolute Gasteiger partial charge is 0.360 e. The van der Waals surface area contributed by atoms with Gasteiger partial charge in [-0.1, -0.05) is 5.16 Å². The zero-order valence-electron chi connectivity index (χ0n) is 8.33. The number of rotatable bonds is 4. The molecule has 1 aromatic heterocycles. The summed E-state index contributed by atoms with van der Waals surface area (Å²) in [6.07, 6.45) is 4.24. The second-order valence-corrected chi connectivity index (χ2v) is 3.80. The van der Waals surface area contributed by atoms with Crippen LogP contribution in [0.3, 0.4) is 0 Å². The van der Waals surface area contributed by atoms with Gasteiger partial charge in [0.2, 0.25) is 0 Å². The molecule has 14 heavy (non-hydrogen) atoms. The predicted octanol–water partition coefficient (Wildman–Crippen LogP) is 0.764. The zero-order valence-corrected chi connectivity index (χ0v) is 8.33. The van der Waals surface area contributed by atoms with Crippen LogP contribution in [0.25, 0.3) is 0 Å². The van der Waals surface area contributed by atoms with Crippen molar-refractivity contribution in [2.24, 2.45) is 5.92 Å². The Bertz CT molecular complexity index is 242. The van der Waals surface area contributed by atoms with Crippen LogP contribution in [0, 0.1) is 5.92 Å². The monoisotopic (exact) mass is 195 g/mol. The van der Waals surface area contributed by atoms with Gasteiger partial charge < -0.3 is 15.2 Å². The van der Waals surface area contributed by atoms with Crippen LogP contribution in [-0.2, 0) is 6.54 Å². The maximum atomic E-state index is 5.00. The minimum Gasteiger partial charge on any atom is -0.360 e. The number of nitrogens with zero attached hydrogens (tertiary/aromatic N) is 1. The van der Waals surface area contributed by atoms with Gasteiger partial charge in [-0.3, -0.25) is 0 Å². The molecule has 0 bridgehead atoms. The van der Waals surface area contributed by atoms with E-state index in [1.54, 1.807) is 6.20 Å². The van der Waals surface area contributed by atoms with Crippen LogP contribution in [0.1, 0.15) is 18.6 Å². The number of nitrogens with one attached hydrogen (secondary N) is 2. The average molecular weight is 195 g/mol. The van der Waals surface area contributed by atoms with Crippen molar-refractivity contribution in [3.05, 3.63) is 18.0 Å². The fourth-order valence-electron chi connectivity index (χ4n) is 1.82. The molecule has 0 radical (unpaired) electrons. The summed E-state index contributed by atoms with van der Waals surface area (Å²) >= 11 is 0. The molecule has 1 fully saturated rings. The molecule has 4 heteroatoms. The lowest BCUT2D eigenvalue weighted by atomic mass is 9.98. The maximum absolute atomic E-state index is 5.00. The van der Waals surface area contributed by atoms with E-state index in [0.717, 1.165) is 37.9 Å². The third-order valence-electron chi connectivity index (χ3n) is 2.68. The summed E-state index contributed by atoms with van der Waals surface area (Å²) in [6.45, 7) is 4.20. The topological polar surface area (TPSA) is 50.1 Å². The molecule has 0 unspecified atom stereocenters. The van der Waals surface area contributed by atoms with Crippen molar-refractivity contribution in [3.8, 4) is 0 Å². The third kappa shape index (κ3) is 2.82. The first kappa shape index (κ1) is 9.68. The minimum atomic E-state index is 0.796. The Morgan fingerprint density at radius 1 is 1.50 bits per heavy atom. The zero-order chi connectivity index (χ0) is 9.64. The fourth-order valence-corrected chi connectivity index (χ4v) is 1.82. The summed E-state index contributed by atoms with van der Waals surface area (Å²) < 4.78 is 5.00. The Morgan fingerprint density at radius 3 is 3.07 bits per heavy atom. The van der Waals surface area contributed by atoms with E-state index in [2.05, 4.69) is 15.8 Å². The van der Waals surface area contributed by atoms with Gasteiger partial charge in [0.05, 0.1) is 12.7 Å². The van der Waals surface area contributed by atoms with Crippen molar-refractivity contribution in [3.63, 3.8) is 0 Å². The van der Waals surface area contributed by atoms with Gasteiger partial charge >= 0.3 is 0 Å². The van der Waals surface area contributed by atoms with Crippen LogP contribution < -0.4 is 10.6 Å². The summed E-state index contributed by atoms with van der Waals surface area (Å²) in [5.41, 5.74) is 0. The lowest BCUT2D eigenvalue weighted by Gasteiger charge is -2.22. The van der Waals surface area contributed by atoms with Crippen LogP contribution in [0.5, 0.6) is 0 Å². The third-order valence-corrected chi connectivity index (χ3v) is 2.68. The molecular formula is C10H17N3O. The van der Waals surface area contributed by atoms with Crippen molar-refractivity contribution in [2.45, 2.75) is 19.4 Å². The Kier molecular flexibility index (Phi) is 3.54. The number of hydrogen-bond acceptors (Lipinski definition) is 4. The highest BCUT2D eigenvalue weighted by molar-refractivity contribution is 4.91. The van der Waals surface area contributed by atoms with E-state index >= 15 is 0 Å². The Morgan fingerprint density at radius 2 is 2.36 bits per heavy atom. The molecule has 1 saturated heterocycles. The van der Waals surface area contributed by atoms with Gasteiger partial charge in [-0.2, -0.15) is 0 Å². The molecule has 2 N–H and O–H groups in total. The van der Waals surface area contributed by atoms with Gasteiger partial charge in [-0.25, -0.2) is 0 Å². The highest BCUT2D eigenvalue weighted by atomic mass is 16.5. The second-order valence-electron chi connectivity index (χ2n) is 3.80. The highest BCUT2D eigenvalue weighted by Gasteiger charge is 2.12. The average Bonchev–Trinajstić information content (AvgIpc) is 2.72. The van der Waals surface area contributed by atoms with Crippen molar-refractivity contribution >= 4 is 0 Å². The van der Waals surface area contributed by atoms with Crippen LogP contribution in [0.4, 0.5) is 0 Å². The van der Waals surface area contributed by atoms with Gasteiger partial charge in [-0.05, 0) is 38.4 Å². The van der Waals surface area contributed by atoms with E-state index < -0.39 is 0 Å². The molecular weight excluding hydrogens is 178 g/mol. The molecule has 1 aliphatic heterocycles. The molecule has 0 aliphatic carbocycles. The fraction of sp³-hybridized carbons (Fsp3) is 0.700. The molecule has 4 nitrogen and oxygen atoms in total. The van der Waals surface area contributed by atoms with Crippen molar-refractivity contribution in [1.29, 1.82) is 0 Å². The second kappa shape index (κ2) is 5.12. The van der Waals surface area contributed by atoms with Gasteiger partial charge in [0.25, 0.3) is 0 Å². The highest BCUT2D eigenvalue weighted by Crippen LogP contribution is 2.10. The van der Waals surface area contributed by atoms with Crippen molar-refractivity contribution < 1.29 is 4.52 Å². The number of hydrogen-bond donors (Lipinski definition) is 2. The van der Waals surface area contributed by atoms with Gasteiger partial charge in [0.15, 0.2) is 0 Å². The standard InChI is InChI=1S/C10H17N3O/c1-4-11-5-2-9(1)7-12-8-10-3-6-13-14-10/h3,6,9,11-12H,1-2,4-5,7-8H2. The molecule has 1 aromatic rings. The molecule has 0 spiro atoms. The van der Waals surface area contributed by atoms with E-state index in [1.165, 1.54) is 12.8 Å². The first-order chi connectivity index (χ1) is 6.95. The molecule has 2 heterocycles. The van der Waals surface area contributed by atoms with Crippen molar-refractivity contribution in [1.82, 2.24) is 15.8 Å². The van der Waals surface area contributed by atoms with Crippen molar-refractivity contribution in [2.75, 3.05) is 19.6 Å². The first-order valence-electron chi connectivity index (χ1n) is 5.26. The molecule has 0 aromatic carbocycles. The van der Waals surface area contributed by atoms with E-state index in [1.807, 2.05) is 6.07 Å².